The van der Waals surface area contributed by atoms with Gasteiger partial charge in [-0.1, -0.05) is 0 Å². The monoisotopic (exact) mass is 142 g/mol. The maximum atomic E-state index is 10.4. The normalized spacial score (nSPS) is 10.8. The summed E-state index contributed by atoms with van der Waals surface area (Å²) in [6.07, 6.45) is 2.94. The number of carbonyl (C=O) groups excluding carboxylic acids is 1. The minimum atomic E-state index is -1.19. The fourth-order valence-corrected chi connectivity index (χ4v) is 0.282. The molecule has 2 N–H and O–H groups in total. The number of carboxylic acid groups (broad SMARTS) is 1. The predicted octanol–water partition coefficient (Wildman–Crippen LogP) is 0.268. The van der Waals surface area contributed by atoms with Crippen LogP contribution in [-0.4, -0.2) is 22.0 Å². The third-order valence-corrected chi connectivity index (χ3v) is 0.629. The van der Waals surface area contributed by atoms with Crippen LogP contribution in [-0.2, 0) is 9.59 Å². The van der Waals surface area contributed by atoms with Crippen LogP contribution in [0.5, 0.6) is 0 Å². The Morgan fingerprint density at radius 2 is 1.70 bits per heavy atom. The first-order chi connectivity index (χ1) is 4.66. The van der Waals surface area contributed by atoms with E-state index in [9.17, 15) is 9.59 Å². The molecule has 0 unspecified atom stereocenters. The highest BCUT2D eigenvalue weighted by atomic mass is 16.4. The van der Waals surface area contributed by atoms with Crippen molar-refractivity contribution >= 4 is 11.8 Å². The highest BCUT2D eigenvalue weighted by Crippen LogP contribution is 1.78. The Balaban J connectivity index is 3.90. The summed E-state index contributed by atoms with van der Waals surface area (Å²) in [6.45, 7) is 0. The van der Waals surface area contributed by atoms with E-state index in [1.54, 1.807) is 0 Å². The smallest absolute Gasteiger partial charge is 0.328 e. The van der Waals surface area contributed by atoms with Crippen molar-refractivity contribution in [1.29, 1.82) is 0 Å². The maximum Gasteiger partial charge on any atom is 0.328 e. The predicted molar refractivity (Wildman–Crippen MR) is 33.6 cm³/mol. The van der Waals surface area contributed by atoms with Gasteiger partial charge in [-0.15, -0.1) is 0 Å². The highest BCUT2D eigenvalue weighted by Gasteiger charge is 1.89. The summed E-state index contributed by atoms with van der Waals surface area (Å²) in [4.78, 5) is 20.1. The summed E-state index contributed by atoms with van der Waals surface area (Å²) < 4.78 is 0. The molecule has 0 radical (unpaired) electrons. The maximum absolute atomic E-state index is 10.4. The van der Waals surface area contributed by atoms with Gasteiger partial charge in [0.15, 0.2) is 5.78 Å². The molecule has 0 saturated heterocycles. The lowest BCUT2D eigenvalue weighted by atomic mass is 10.3. The summed E-state index contributed by atoms with van der Waals surface area (Å²) in [5.41, 5.74) is 0. The van der Waals surface area contributed by atoms with Gasteiger partial charge in [0.2, 0.25) is 0 Å². The molecule has 0 atom stereocenters. The van der Waals surface area contributed by atoms with Gasteiger partial charge in [-0.25, -0.2) is 4.79 Å². The first-order valence-electron chi connectivity index (χ1n) is 2.42. The van der Waals surface area contributed by atoms with Gasteiger partial charge < -0.3 is 10.2 Å². The number of aliphatic carboxylic acids is 1. The zero-order valence-electron chi connectivity index (χ0n) is 5.02. The first-order valence-corrected chi connectivity index (χ1v) is 2.42. The molecule has 0 fully saturated rings. The van der Waals surface area contributed by atoms with E-state index in [4.69, 9.17) is 10.2 Å². The van der Waals surface area contributed by atoms with Crippen molar-refractivity contribution in [3.05, 3.63) is 24.5 Å². The molecule has 54 valence electrons. The molecule has 0 aromatic heterocycles. The second-order valence-corrected chi connectivity index (χ2v) is 1.39. The molecule has 0 spiro atoms. The molecule has 0 aliphatic carbocycles. The number of allylic oxidation sites excluding steroid dienone is 2. The SMILES string of the molecule is O=C(O)/C=C/C(=O)/C=C/O. The van der Waals surface area contributed by atoms with Crippen molar-refractivity contribution in [2.24, 2.45) is 0 Å². The molecule has 0 rings (SSSR count). The highest BCUT2D eigenvalue weighted by molar-refractivity contribution is 6.02. The number of aliphatic hydroxyl groups is 1. The molecule has 0 aromatic rings. The molecule has 0 aromatic carbocycles. The molecule has 0 heterocycles. The fourth-order valence-electron chi connectivity index (χ4n) is 0.282. The van der Waals surface area contributed by atoms with E-state index in [1.807, 2.05) is 0 Å². The lowest BCUT2D eigenvalue weighted by Gasteiger charge is -1.78. The van der Waals surface area contributed by atoms with Gasteiger partial charge in [0.05, 0.1) is 6.26 Å². The number of ketones is 1. The average Bonchev–Trinajstić information content (AvgIpc) is 1.85. The Bertz CT molecular complexity index is 190. The van der Waals surface area contributed by atoms with Crippen LogP contribution in [0, 0.1) is 0 Å². The van der Waals surface area contributed by atoms with Gasteiger partial charge in [-0.2, -0.15) is 0 Å². The molecule has 0 bridgehead atoms. The molecule has 10 heavy (non-hydrogen) atoms. The quantitative estimate of drug-likeness (QED) is 0.438. The second kappa shape index (κ2) is 4.31. The number of aliphatic hydroxyl groups excluding tert-OH is 1. The van der Waals surface area contributed by atoms with Crippen LogP contribution in [0.25, 0.3) is 0 Å². The zero-order chi connectivity index (χ0) is 7.98. The largest absolute Gasteiger partial charge is 0.515 e. The second-order valence-electron chi connectivity index (χ2n) is 1.39. The third-order valence-electron chi connectivity index (χ3n) is 0.629. The molecular weight excluding hydrogens is 136 g/mol. The minimum absolute atomic E-state index is 0.550. The van der Waals surface area contributed by atoms with Crippen LogP contribution < -0.4 is 0 Å². The van der Waals surface area contributed by atoms with Gasteiger partial charge in [0, 0.05) is 12.2 Å². The van der Waals surface area contributed by atoms with E-state index in [2.05, 4.69) is 0 Å². The van der Waals surface area contributed by atoms with Crippen LogP contribution >= 0.6 is 0 Å². The van der Waals surface area contributed by atoms with Crippen molar-refractivity contribution in [2.75, 3.05) is 0 Å². The Morgan fingerprint density at radius 1 is 1.10 bits per heavy atom. The molecule has 0 aliphatic heterocycles. The fraction of sp³-hybridized carbons (Fsp3) is 0. The number of hydrogen-bond donors (Lipinski definition) is 2. The number of hydrogen-bond acceptors (Lipinski definition) is 3. The molecule has 0 aliphatic rings. The standard InChI is InChI=1S/C6H6O4/c7-4-3-5(8)1-2-6(9)10/h1-4,7H,(H,9,10)/b2-1+,4-3+. The Morgan fingerprint density at radius 3 is 2.10 bits per heavy atom. The van der Waals surface area contributed by atoms with Crippen molar-refractivity contribution in [1.82, 2.24) is 0 Å². The van der Waals surface area contributed by atoms with Gasteiger partial charge in [0.1, 0.15) is 0 Å². The van der Waals surface area contributed by atoms with Crippen LogP contribution in [0.1, 0.15) is 0 Å². The first kappa shape index (κ1) is 8.42. The van der Waals surface area contributed by atoms with E-state index in [0.717, 1.165) is 12.2 Å². The number of carbonyl (C=O) groups is 2. The summed E-state index contributed by atoms with van der Waals surface area (Å²) >= 11 is 0. The molecule has 0 amide bonds. The summed E-state index contributed by atoms with van der Waals surface area (Å²) in [6, 6.07) is 0. The molecule has 4 heteroatoms. The van der Waals surface area contributed by atoms with Gasteiger partial charge >= 0.3 is 5.97 Å². The van der Waals surface area contributed by atoms with E-state index in [1.165, 1.54) is 0 Å². The van der Waals surface area contributed by atoms with Crippen LogP contribution in [0.15, 0.2) is 24.5 Å². The van der Waals surface area contributed by atoms with E-state index in [-0.39, 0.29) is 0 Å². The number of rotatable bonds is 3. The van der Waals surface area contributed by atoms with Crippen molar-refractivity contribution in [3.8, 4) is 0 Å². The minimum Gasteiger partial charge on any atom is -0.515 e. The topological polar surface area (TPSA) is 74.6 Å². The zero-order valence-corrected chi connectivity index (χ0v) is 5.02. The Hall–Kier alpha value is -1.58. The summed E-state index contributed by atoms with van der Waals surface area (Å²) in [5.74, 6) is -1.76. The lowest BCUT2D eigenvalue weighted by molar-refractivity contribution is -0.131. The van der Waals surface area contributed by atoms with E-state index >= 15 is 0 Å². The van der Waals surface area contributed by atoms with Crippen LogP contribution in [0.3, 0.4) is 0 Å². The Labute approximate surface area is 57.1 Å². The van der Waals surface area contributed by atoms with Crippen molar-refractivity contribution in [2.45, 2.75) is 0 Å². The van der Waals surface area contributed by atoms with Gasteiger partial charge in [-0.05, 0) is 6.08 Å². The lowest BCUT2D eigenvalue weighted by Crippen LogP contribution is -1.90. The molecule has 0 saturated carbocycles. The van der Waals surface area contributed by atoms with Crippen molar-refractivity contribution < 1.29 is 19.8 Å². The van der Waals surface area contributed by atoms with Gasteiger partial charge in [0.25, 0.3) is 0 Å². The van der Waals surface area contributed by atoms with Gasteiger partial charge in [-0.3, -0.25) is 4.79 Å². The van der Waals surface area contributed by atoms with Crippen LogP contribution in [0.4, 0.5) is 0 Å². The summed E-state index contributed by atoms with van der Waals surface area (Å²) in [5, 5.41) is 16.0. The van der Waals surface area contributed by atoms with Crippen molar-refractivity contribution in [3.63, 3.8) is 0 Å². The van der Waals surface area contributed by atoms with E-state index in [0.29, 0.717) is 12.3 Å². The average molecular weight is 142 g/mol. The summed E-state index contributed by atoms with van der Waals surface area (Å²) in [7, 11) is 0. The molecular formula is C6H6O4. The van der Waals surface area contributed by atoms with E-state index < -0.39 is 11.8 Å². The number of carboxylic acids is 1. The van der Waals surface area contributed by atoms with Crippen LogP contribution in [0.2, 0.25) is 0 Å². The third kappa shape index (κ3) is 4.58. The molecule has 4 nitrogen and oxygen atoms in total. The Kier molecular flexibility index (Phi) is 3.63.